The molecule has 142 valence electrons. The SMILES string of the molecule is Cc1cc(C)c(CNC(=O)c2cc(Br)c3c(c2)CC2(CCCC2)O3)c(=O)[nH]1. The maximum Gasteiger partial charge on any atom is 0.253 e. The fourth-order valence-electron chi connectivity index (χ4n) is 4.30. The average Bonchev–Trinajstić information content (AvgIpc) is 3.20. The third-order valence-electron chi connectivity index (χ3n) is 5.65. The van der Waals surface area contributed by atoms with Crippen LogP contribution in [0.3, 0.4) is 0 Å². The second-order valence-electron chi connectivity index (χ2n) is 7.74. The van der Waals surface area contributed by atoms with Crippen molar-refractivity contribution in [3.8, 4) is 5.75 Å². The van der Waals surface area contributed by atoms with Gasteiger partial charge in [-0.05, 0) is 79.2 Å². The van der Waals surface area contributed by atoms with E-state index in [1.54, 1.807) is 6.07 Å². The van der Waals surface area contributed by atoms with Crippen LogP contribution in [0.2, 0.25) is 0 Å². The quantitative estimate of drug-likeness (QED) is 0.774. The van der Waals surface area contributed by atoms with Crippen molar-refractivity contribution in [3.63, 3.8) is 0 Å². The van der Waals surface area contributed by atoms with Gasteiger partial charge in [0.25, 0.3) is 11.5 Å². The molecule has 1 spiro atoms. The van der Waals surface area contributed by atoms with E-state index in [0.717, 1.165) is 46.3 Å². The minimum atomic E-state index is -0.190. The van der Waals surface area contributed by atoms with Gasteiger partial charge in [0.2, 0.25) is 0 Å². The lowest BCUT2D eigenvalue weighted by molar-refractivity contribution is 0.0950. The minimum Gasteiger partial charge on any atom is -0.485 e. The number of amides is 1. The first-order valence-corrected chi connectivity index (χ1v) is 10.2. The molecule has 1 aliphatic carbocycles. The monoisotopic (exact) mass is 430 g/mol. The van der Waals surface area contributed by atoms with Crippen LogP contribution in [0.4, 0.5) is 0 Å². The highest BCUT2D eigenvalue weighted by Gasteiger charge is 2.42. The summed E-state index contributed by atoms with van der Waals surface area (Å²) in [7, 11) is 0. The Bertz CT molecular complexity index is 974. The number of halogens is 1. The zero-order chi connectivity index (χ0) is 19.2. The maximum atomic E-state index is 12.7. The van der Waals surface area contributed by atoms with E-state index in [0.29, 0.717) is 11.1 Å². The van der Waals surface area contributed by atoms with Crippen LogP contribution in [-0.4, -0.2) is 16.5 Å². The number of H-pyrrole nitrogens is 1. The smallest absolute Gasteiger partial charge is 0.253 e. The van der Waals surface area contributed by atoms with E-state index < -0.39 is 0 Å². The second kappa shape index (κ2) is 6.82. The number of benzene rings is 1. The first kappa shape index (κ1) is 18.3. The standard InChI is InChI=1S/C21H23BrN2O3/c1-12-7-13(2)24-20(26)16(12)11-23-19(25)14-8-15-10-21(5-3-4-6-21)27-18(15)17(22)9-14/h7-9H,3-6,10-11H2,1-2H3,(H,23,25)(H,24,26). The summed E-state index contributed by atoms with van der Waals surface area (Å²) in [6.45, 7) is 3.93. The van der Waals surface area contributed by atoms with E-state index in [1.807, 2.05) is 26.0 Å². The molecule has 1 aromatic carbocycles. The molecule has 0 saturated heterocycles. The van der Waals surface area contributed by atoms with Gasteiger partial charge in [-0.1, -0.05) is 0 Å². The number of hydrogen-bond donors (Lipinski definition) is 2. The van der Waals surface area contributed by atoms with E-state index in [2.05, 4.69) is 26.2 Å². The predicted molar refractivity (Wildman–Crippen MR) is 107 cm³/mol. The summed E-state index contributed by atoms with van der Waals surface area (Å²) < 4.78 is 7.09. The van der Waals surface area contributed by atoms with Crippen LogP contribution in [0.25, 0.3) is 0 Å². The van der Waals surface area contributed by atoms with Crippen LogP contribution in [-0.2, 0) is 13.0 Å². The number of fused-ring (bicyclic) bond motifs is 1. The van der Waals surface area contributed by atoms with Gasteiger partial charge in [0.05, 0.1) is 4.47 Å². The molecule has 6 heteroatoms. The molecule has 0 unspecified atom stereocenters. The predicted octanol–water partition coefficient (Wildman–Crippen LogP) is 3.93. The highest BCUT2D eigenvalue weighted by atomic mass is 79.9. The van der Waals surface area contributed by atoms with Gasteiger partial charge in [-0.25, -0.2) is 0 Å². The molecule has 2 N–H and O–H groups in total. The van der Waals surface area contributed by atoms with Crippen molar-refractivity contribution in [1.82, 2.24) is 10.3 Å². The molecule has 1 saturated carbocycles. The lowest BCUT2D eigenvalue weighted by Crippen LogP contribution is -2.30. The van der Waals surface area contributed by atoms with Crippen LogP contribution < -0.4 is 15.6 Å². The zero-order valence-electron chi connectivity index (χ0n) is 15.6. The van der Waals surface area contributed by atoms with E-state index in [-0.39, 0.29) is 23.6 Å². The van der Waals surface area contributed by atoms with Gasteiger partial charge in [-0.2, -0.15) is 0 Å². The van der Waals surface area contributed by atoms with Crippen molar-refractivity contribution in [2.45, 2.75) is 58.1 Å². The molecule has 1 aliphatic heterocycles. The van der Waals surface area contributed by atoms with Crippen molar-refractivity contribution in [1.29, 1.82) is 0 Å². The van der Waals surface area contributed by atoms with Crippen LogP contribution in [0.15, 0.2) is 27.5 Å². The lowest BCUT2D eigenvalue weighted by Gasteiger charge is -2.22. The molecule has 5 nitrogen and oxygen atoms in total. The highest BCUT2D eigenvalue weighted by Crippen LogP contribution is 2.47. The summed E-state index contributed by atoms with van der Waals surface area (Å²) in [5, 5.41) is 2.88. The fraction of sp³-hybridized carbons (Fsp3) is 0.429. The summed E-state index contributed by atoms with van der Waals surface area (Å²) in [5.41, 5.74) is 3.72. The van der Waals surface area contributed by atoms with Gasteiger partial charge in [0.15, 0.2) is 0 Å². The number of carbonyl (C=O) groups excluding carboxylic acids is 1. The summed E-state index contributed by atoms with van der Waals surface area (Å²) in [5.74, 6) is 0.685. The number of aromatic amines is 1. The Morgan fingerprint density at radius 1 is 1.26 bits per heavy atom. The average molecular weight is 431 g/mol. The summed E-state index contributed by atoms with van der Waals surface area (Å²) >= 11 is 3.56. The van der Waals surface area contributed by atoms with Crippen molar-refractivity contribution in [2.75, 3.05) is 0 Å². The summed E-state index contributed by atoms with van der Waals surface area (Å²) in [4.78, 5) is 27.6. The Morgan fingerprint density at radius 3 is 2.70 bits per heavy atom. The molecular formula is C21H23BrN2O3. The molecule has 1 amide bonds. The van der Waals surface area contributed by atoms with E-state index >= 15 is 0 Å². The first-order chi connectivity index (χ1) is 12.9. The third-order valence-corrected chi connectivity index (χ3v) is 6.24. The van der Waals surface area contributed by atoms with Crippen LogP contribution in [0.5, 0.6) is 5.75 Å². The molecule has 4 rings (SSSR count). The number of hydrogen-bond acceptors (Lipinski definition) is 3. The Hall–Kier alpha value is -2.08. The molecule has 2 heterocycles. The highest BCUT2D eigenvalue weighted by molar-refractivity contribution is 9.10. The van der Waals surface area contributed by atoms with Gasteiger partial charge in [0.1, 0.15) is 11.4 Å². The molecule has 1 fully saturated rings. The molecule has 27 heavy (non-hydrogen) atoms. The summed E-state index contributed by atoms with van der Waals surface area (Å²) in [6.07, 6.45) is 5.40. The molecule has 2 aliphatic rings. The summed E-state index contributed by atoms with van der Waals surface area (Å²) in [6, 6.07) is 5.64. The number of aryl methyl sites for hydroxylation is 2. The Balaban J connectivity index is 1.53. The third kappa shape index (κ3) is 3.43. The number of aromatic nitrogens is 1. The van der Waals surface area contributed by atoms with E-state index in [9.17, 15) is 9.59 Å². The molecule has 0 radical (unpaired) electrons. The van der Waals surface area contributed by atoms with Gasteiger partial charge >= 0.3 is 0 Å². The first-order valence-electron chi connectivity index (χ1n) is 9.36. The largest absolute Gasteiger partial charge is 0.485 e. The number of rotatable bonds is 3. The Kier molecular flexibility index (Phi) is 4.62. The maximum absolute atomic E-state index is 12.7. The van der Waals surface area contributed by atoms with Gasteiger partial charge < -0.3 is 15.0 Å². The Morgan fingerprint density at radius 2 is 2.00 bits per heavy atom. The van der Waals surface area contributed by atoms with E-state index in [4.69, 9.17) is 4.74 Å². The zero-order valence-corrected chi connectivity index (χ0v) is 17.2. The van der Waals surface area contributed by atoms with E-state index in [1.165, 1.54) is 12.8 Å². The molecule has 0 atom stereocenters. The molecular weight excluding hydrogens is 408 g/mol. The Labute approximate surface area is 166 Å². The molecule has 2 aromatic rings. The number of nitrogens with one attached hydrogen (secondary N) is 2. The van der Waals surface area contributed by atoms with Crippen molar-refractivity contribution >= 4 is 21.8 Å². The number of pyridine rings is 1. The van der Waals surface area contributed by atoms with Crippen molar-refractivity contribution < 1.29 is 9.53 Å². The fourth-order valence-corrected chi connectivity index (χ4v) is 4.88. The number of ether oxygens (including phenoxy) is 1. The van der Waals surface area contributed by atoms with Crippen LogP contribution in [0, 0.1) is 13.8 Å². The normalized spacial score (nSPS) is 17.0. The minimum absolute atomic E-state index is 0.0771. The number of carbonyl (C=O) groups is 1. The van der Waals surface area contributed by atoms with Gasteiger partial charge in [-0.3, -0.25) is 9.59 Å². The van der Waals surface area contributed by atoms with Crippen molar-refractivity contribution in [2.24, 2.45) is 0 Å². The molecule has 1 aromatic heterocycles. The van der Waals surface area contributed by atoms with Crippen LogP contribution >= 0.6 is 15.9 Å². The van der Waals surface area contributed by atoms with Crippen LogP contribution in [0.1, 0.15) is 58.4 Å². The molecule has 0 bridgehead atoms. The lowest BCUT2D eigenvalue weighted by atomic mass is 9.95. The van der Waals surface area contributed by atoms with Gasteiger partial charge in [0, 0.05) is 35.3 Å². The topological polar surface area (TPSA) is 71.2 Å². The second-order valence-corrected chi connectivity index (χ2v) is 8.60. The van der Waals surface area contributed by atoms with Gasteiger partial charge in [-0.15, -0.1) is 0 Å². The van der Waals surface area contributed by atoms with Crippen molar-refractivity contribution in [3.05, 3.63) is 61.0 Å².